The van der Waals surface area contributed by atoms with Crippen LogP contribution in [0.25, 0.3) is 0 Å². The molecule has 0 aromatic heterocycles. The van der Waals surface area contributed by atoms with Crippen LogP contribution >= 0.6 is 0 Å². The Bertz CT molecular complexity index is 329. The van der Waals surface area contributed by atoms with Crippen molar-refractivity contribution >= 4 is 11.9 Å². The Balaban J connectivity index is -0.000000333. The molecule has 3 N–H and O–H groups in total. The molecule has 4 nitrogen and oxygen atoms in total. The molecule has 0 heterocycles. The van der Waals surface area contributed by atoms with Gasteiger partial charge in [0.2, 0.25) is 5.91 Å². The number of carbonyl (C=O) groups is 2. The molecule has 0 saturated carbocycles. The van der Waals surface area contributed by atoms with Gasteiger partial charge in [-0.15, -0.1) is 0 Å². The maximum Gasteiger partial charge on any atom is 1.00 e. The van der Waals surface area contributed by atoms with E-state index in [9.17, 15) is 9.59 Å². The molecule has 0 aliphatic heterocycles. The van der Waals surface area contributed by atoms with Gasteiger partial charge in [-0.3, -0.25) is 9.59 Å². The average Bonchev–Trinajstić information content (AvgIpc) is 2.58. The summed E-state index contributed by atoms with van der Waals surface area (Å²) in [5, 5.41) is 8.52. The zero-order valence-electron chi connectivity index (χ0n) is 18.4. The SMILES string of the molecule is C=CC(N)=O.CCCCCCCCCCCCCCCCCC(=O)O.[H-].[Na+]. The Morgan fingerprint density at radius 1 is 0.808 bits per heavy atom. The molecular formula is C21H42NNaO3. The van der Waals surface area contributed by atoms with Gasteiger partial charge in [-0.05, 0) is 12.5 Å². The monoisotopic (exact) mass is 379 g/mol. The fourth-order valence-corrected chi connectivity index (χ4v) is 2.65. The molecular weight excluding hydrogens is 337 g/mol. The molecule has 0 fully saturated rings. The fourth-order valence-electron chi connectivity index (χ4n) is 2.65. The van der Waals surface area contributed by atoms with E-state index in [1.807, 2.05) is 0 Å². The van der Waals surface area contributed by atoms with E-state index < -0.39 is 11.9 Å². The molecule has 0 aliphatic rings. The van der Waals surface area contributed by atoms with Gasteiger partial charge in [-0.2, -0.15) is 0 Å². The van der Waals surface area contributed by atoms with E-state index in [-0.39, 0.29) is 31.0 Å². The van der Waals surface area contributed by atoms with E-state index in [1.165, 1.54) is 83.5 Å². The van der Waals surface area contributed by atoms with E-state index in [0.717, 1.165) is 18.9 Å². The van der Waals surface area contributed by atoms with Crippen molar-refractivity contribution in [2.75, 3.05) is 0 Å². The van der Waals surface area contributed by atoms with Crippen molar-refractivity contribution in [1.29, 1.82) is 0 Å². The van der Waals surface area contributed by atoms with Gasteiger partial charge >= 0.3 is 35.5 Å². The van der Waals surface area contributed by atoms with Crippen molar-refractivity contribution in [3.05, 3.63) is 12.7 Å². The topological polar surface area (TPSA) is 80.4 Å². The summed E-state index contributed by atoms with van der Waals surface area (Å²) in [4.78, 5) is 19.8. The third-order valence-electron chi connectivity index (χ3n) is 4.20. The van der Waals surface area contributed by atoms with Gasteiger partial charge in [-0.1, -0.05) is 103 Å². The summed E-state index contributed by atoms with van der Waals surface area (Å²) >= 11 is 0. The van der Waals surface area contributed by atoms with Crippen LogP contribution in [0.4, 0.5) is 0 Å². The van der Waals surface area contributed by atoms with Crippen LogP contribution in [-0.2, 0) is 9.59 Å². The molecule has 0 rings (SSSR count). The molecule has 0 bridgehead atoms. The standard InChI is InChI=1S/C18H36O2.C3H5NO.Na.H/c1-2-3-4-5-6-7-8-9-10-11-12-13-14-15-16-17-18(19)20;1-2-3(4)5;;/h2-17H2,1H3,(H,19,20);2H,1H2,(H2,4,5);;/q;;+1;-1. The Hall–Kier alpha value is -0.320. The second-order valence-electron chi connectivity index (χ2n) is 6.70. The van der Waals surface area contributed by atoms with E-state index in [2.05, 4.69) is 19.2 Å². The van der Waals surface area contributed by atoms with E-state index >= 15 is 0 Å². The molecule has 0 aromatic rings. The van der Waals surface area contributed by atoms with Crippen molar-refractivity contribution < 1.29 is 45.7 Å². The molecule has 0 aliphatic carbocycles. The molecule has 5 heteroatoms. The van der Waals surface area contributed by atoms with Gasteiger partial charge in [-0.25, -0.2) is 0 Å². The Kier molecular flexibility index (Phi) is 31.5. The maximum atomic E-state index is 10.3. The smallest absolute Gasteiger partial charge is 1.00 e. The zero-order valence-corrected chi connectivity index (χ0v) is 19.4. The number of hydrogen-bond acceptors (Lipinski definition) is 2. The van der Waals surface area contributed by atoms with Gasteiger partial charge in [0.05, 0.1) is 0 Å². The minimum Gasteiger partial charge on any atom is -1.00 e. The number of aliphatic carboxylic acids is 1. The number of carboxylic acids is 1. The third kappa shape index (κ3) is 34.9. The van der Waals surface area contributed by atoms with E-state index in [0.29, 0.717) is 6.42 Å². The maximum absolute atomic E-state index is 10.3. The Labute approximate surface area is 185 Å². The van der Waals surface area contributed by atoms with Crippen molar-refractivity contribution in [3.8, 4) is 0 Å². The summed E-state index contributed by atoms with van der Waals surface area (Å²) in [6.07, 6.45) is 21.3. The van der Waals surface area contributed by atoms with Crippen molar-refractivity contribution in [2.24, 2.45) is 5.73 Å². The number of nitrogens with two attached hydrogens (primary N) is 1. The fraction of sp³-hybridized carbons (Fsp3) is 0.810. The van der Waals surface area contributed by atoms with Crippen LogP contribution in [0.2, 0.25) is 0 Å². The normalized spacial score (nSPS) is 9.58. The first kappa shape index (κ1) is 30.4. The molecule has 1 amide bonds. The van der Waals surface area contributed by atoms with Gasteiger partial charge in [0, 0.05) is 6.42 Å². The van der Waals surface area contributed by atoms with Crippen LogP contribution in [0, 0.1) is 0 Å². The summed E-state index contributed by atoms with van der Waals surface area (Å²) in [6.45, 7) is 5.36. The molecule has 0 radical (unpaired) electrons. The Morgan fingerprint density at radius 3 is 1.31 bits per heavy atom. The van der Waals surface area contributed by atoms with Crippen LogP contribution in [0.5, 0.6) is 0 Å². The number of primary amides is 1. The number of unbranched alkanes of at least 4 members (excludes halogenated alkanes) is 14. The zero-order chi connectivity index (χ0) is 19.2. The molecule has 26 heavy (non-hydrogen) atoms. The minimum atomic E-state index is -0.653. The van der Waals surface area contributed by atoms with Crippen LogP contribution in [0.1, 0.15) is 111 Å². The summed E-state index contributed by atoms with van der Waals surface area (Å²) in [5.41, 5.74) is 4.53. The van der Waals surface area contributed by atoms with Crippen LogP contribution < -0.4 is 35.3 Å². The van der Waals surface area contributed by atoms with Gasteiger partial charge in [0.1, 0.15) is 0 Å². The predicted molar refractivity (Wildman–Crippen MR) is 108 cm³/mol. The number of amides is 1. The summed E-state index contributed by atoms with van der Waals surface area (Å²) in [7, 11) is 0. The summed E-state index contributed by atoms with van der Waals surface area (Å²) < 4.78 is 0. The van der Waals surface area contributed by atoms with Crippen LogP contribution in [-0.4, -0.2) is 17.0 Å². The average molecular weight is 380 g/mol. The Morgan fingerprint density at radius 2 is 1.08 bits per heavy atom. The first-order valence-electron chi connectivity index (χ1n) is 10.2. The number of carboxylic acid groups (broad SMARTS) is 1. The second kappa shape index (κ2) is 26.9. The largest absolute Gasteiger partial charge is 1.00 e. The van der Waals surface area contributed by atoms with Crippen LogP contribution in [0.3, 0.4) is 0 Å². The van der Waals surface area contributed by atoms with E-state index in [4.69, 9.17) is 5.11 Å². The van der Waals surface area contributed by atoms with Gasteiger partial charge in [0.25, 0.3) is 0 Å². The first-order valence-corrected chi connectivity index (χ1v) is 10.2. The third-order valence-corrected chi connectivity index (χ3v) is 4.20. The number of hydrogen-bond donors (Lipinski definition) is 2. The summed E-state index contributed by atoms with van der Waals surface area (Å²) in [5.74, 6) is -1.13. The predicted octanol–water partition coefficient (Wildman–Crippen LogP) is 3.11. The number of carbonyl (C=O) groups excluding carboxylic acids is 1. The van der Waals surface area contributed by atoms with Crippen molar-refractivity contribution in [3.63, 3.8) is 0 Å². The molecule has 0 atom stereocenters. The molecule has 0 aromatic carbocycles. The quantitative estimate of drug-likeness (QED) is 0.231. The molecule has 0 spiro atoms. The second-order valence-corrected chi connectivity index (χ2v) is 6.70. The first-order chi connectivity index (χ1) is 12.0. The van der Waals surface area contributed by atoms with Gasteiger partial charge in [0.15, 0.2) is 0 Å². The van der Waals surface area contributed by atoms with E-state index in [1.54, 1.807) is 0 Å². The molecule has 150 valence electrons. The van der Waals surface area contributed by atoms with Crippen LogP contribution in [0.15, 0.2) is 12.7 Å². The molecule has 0 unspecified atom stereocenters. The summed E-state index contributed by atoms with van der Waals surface area (Å²) in [6, 6.07) is 0. The van der Waals surface area contributed by atoms with Crippen molar-refractivity contribution in [1.82, 2.24) is 0 Å². The van der Waals surface area contributed by atoms with Gasteiger partial charge < -0.3 is 12.3 Å². The van der Waals surface area contributed by atoms with Crippen molar-refractivity contribution in [2.45, 2.75) is 110 Å². The molecule has 0 saturated heterocycles. The number of rotatable bonds is 17. The minimum absolute atomic E-state index is 0.